The molecular weight excluding hydrogens is 400 g/mol. The molecule has 0 aliphatic carbocycles. The molecule has 3 aromatic rings. The Kier molecular flexibility index (Phi) is 5.98. The molecule has 0 fully saturated rings. The molecule has 3 rings (SSSR count). The normalized spacial score (nSPS) is 11.8. The van der Waals surface area contributed by atoms with Crippen molar-refractivity contribution in [2.24, 2.45) is 16.5 Å². The molecule has 10 heteroatoms. The Balaban J connectivity index is 1.82. The molecular formula is C18H19ClN6O2S. The Bertz CT molecular complexity index is 1010. The monoisotopic (exact) mass is 418 g/mol. The van der Waals surface area contributed by atoms with Gasteiger partial charge in [0.15, 0.2) is 12.1 Å². The van der Waals surface area contributed by atoms with E-state index in [9.17, 15) is 9.90 Å². The molecule has 28 heavy (non-hydrogen) atoms. The van der Waals surface area contributed by atoms with Crippen molar-refractivity contribution in [2.75, 3.05) is 0 Å². The molecule has 0 aliphatic rings. The first-order chi connectivity index (χ1) is 13.4. The average Bonchev–Trinajstić information content (AvgIpc) is 3.28. The number of halogens is 1. The van der Waals surface area contributed by atoms with Gasteiger partial charge < -0.3 is 26.9 Å². The summed E-state index contributed by atoms with van der Waals surface area (Å²) in [6, 6.07) is 9.01. The van der Waals surface area contributed by atoms with Crippen molar-refractivity contribution in [1.29, 1.82) is 0 Å². The van der Waals surface area contributed by atoms with E-state index in [-0.39, 0.29) is 12.6 Å². The van der Waals surface area contributed by atoms with Crippen LogP contribution < -0.4 is 16.8 Å². The van der Waals surface area contributed by atoms with Crippen LogP contribution in [-0.4, -0.2) is 26.9 Å². The van der Waals surface area contributed by atoms with Gasteiger partial charge in [-0.3, -0.25) is 4.79 Å². The van der Waals surface area contributed by atoms with Gasteiger partial charge in [-0.05, 0) is 36.2 Å². The zero-order valence-electron chi connectivity index (χ0n) is 14.9. The maximum atomic E-state index is 12.7. The summed E-state index contributed by atoms with van der Waals surface area (Å²) in [5.74, 6) is -0.578. The van der Waals surface area contributed by atoms with Gasteiger partial charge in [0.05, 0.1) is 17.2 Å². The van der Waals surface area contributed by atoms with E-state index in [1.54, 1.807) is 31.3 Å². The number of aromatic nitrogens is 2. The largest absolute Gasteiger partial charge is 0.391 e. The van der Waals surface area contributed by atoms with Gasteiger partial charge in [0.25, 0.3) is 5.91 Å². The fraction of sp³-hybridized carbons (Fsp3) is 0.167. The number of aromatic amines is 1. The lowest BCUT2D eigenvalue weighted by atomic mass is 10.1. The maximum Gasteiger partial charge on any atom is 0.269 e. The molecule has 1 atom stereocenters. The van der Waals surface area contributed by atoms with Crippen LogP contribution in [0.1, 0.15) is 32.2 Å². The first-order valence-electron chi connectivity index (χ1n) is 8.28. The van der Waals surface area contributed by atoms with Gasteiger partial charge in [-0.25, -0.2) is 9.98 Å². The summed E-state index contributed by atoms with van der Waals surface area (Å²) >= 11 is 7.14. The third kappa shape index (κ3) is 4.50. The lowest BCUT2D eigenvalue weighted by Gasteiger charge is -2.12. The van der Waals surface area contributed by atoms with Gasteiger partial charge >= 0.3 is 0 Å². The molecule has 2 heterocycles. The van der Waals surface area contributed by atoms with Gasteiger partial charge in [0.2, 0.25) is 0 Å². The zero-order chi connectivity index (χ0) is 20.3. The Morgan fingerprint density at radius 3 is 2.68 bits per heavy atom. The zero-order valence-corrected chi connectivity index (χ0v) is 16.5. The molecule has 2 aromatic heterocycles. The number of aliphatic hydroxyl groups excluding tert-OH is 1. The van der Waals surface area contributed by atoms with Gasteiger partial charge in [-0.1, -0.05) is 23.7 Å². The second kappa shape index (κ2) is 8.42. The number of nitrogens with two attached hydrogens (primary N) is 2. The highest BCUT2D eigenvalue weighted by Crippen LogP contribution is 2.26. The summed E-state index contributed by atoms with van der Waals surface area (Å²) in [7, 11) is 0. The van der Waals surface area contributed by atoms with E-state index in [0.717, 1.165) is 11.1 Å². The first kappa shape index (κ1) is 19.9. The van der Waals surface area contributed by atoms with Crippen LogP contribution in [0.5, 0.6) is 0 Å². The van der Waals surface area contributed by atoms with E-state index in [0.29, 0.717) is 26.3 Å². The first-order valence-corrected chi connectivity index (χ1v) is 9.48. The number of hydrogen-bond donors (Lipinski definition) is 5. The van der Waals surface area contributed by atoms with Crippen molar-refractivity contribution in [2.45, 2.75) is 19.7 Å². The Morgan fingerprint density at radius 1 is 1.36 bits per heavy atom. The Labute approximate surface area is 170 Å². The van der Waals surface area contributed by atoms with Crippen molar-refractivity contribution >= 4 is 34.8 Å². The van der Waals surface area contributed by atoms with Crippen LogP contribution in [-0.2, 0) is 6.61 Å². The summed E-state index contributed by atoms with van der Waals surface area (Å²) in [6.45, 7) is 1.62. The number of carbonyl (C=O) groups is 1. The Morgan fingerprint density at radius 2 is 2.07 bits per heavy atom. The third-order valence-corrected chi connectivity index (χ3v) is 5.38. The van der Waals surface area contributed by atoms with E-state index in [4.69, 9.17) is 23.1 Å². The van der Waals surface area contributed by atoms with Crippen LogP contribution in [0, 0.1) is 6.92 Å². The number of aliphatic imine (C=N–C) groups is 1. The smallest absolute Gasteiger partial charge is 0.269 e. The minimum atomic E-state index is -0.858. The van der Waals surface area contributed by atoms with Gasteiger partial charge in [-0.15, -0.1) is 11.3 Å². The van der Waals surface area contributed by atoms with Crippen molar-refractivity contribution in [3.63, 3.8) is 0 Å². The molecule has 146 valence electrons. The van der Waals surface area contributed by atoms with E-state index in [1.165, 1.54) is 11.3 Å². The maximum absolute atomic E-state index is 12.7. The van der Waals surface area contributed by atoms with Gasteiger partial charge in [-0.2, -0.15) is 0 Å². The molecule has 0 saturated heterocycles. The number of aliphatic hydroxyl groups is 1. The Hall–Kier alpha value is -2.88. The summed E-state index contributed by atoms with van der Waals surface area (Å²) in [6.07, 6.45) is 0.870. The predicted octanol–water partition coefficient (Wildman–Crippen LogP) is 2.29. The molecule has 0 radical (unpaired) electrons. The molecule has 7 N–H and O–H groups in total. The molecule has 1 aromatic carbocycles. The number of benzene rings is 1. The molecule has 0 saturated carbocycles. The fourth-order valence-corrected chi connectivity index (χ4v) is 3.59. The molecule has 0 spiro atoms. The number of aryl methyl sites for hydroxylation is 1. The minimum Gasteiger partial charge on any atom is -0.391 e. The van der Waals surface area contributed by atoms with E-state index in [2.05, 4.69) is 20.3 Å². The third-order valence-electron chi connectivity index (χ3n) is 3.94. The van der Waals surface area contributed by atoms with Crippen molar-refractivity contribution in [1.82, 2.24) is 15.3 Å². The lowest BCUT2D eigenvalue weighted by Crippen LogP contribution is -2.32. The summed E-state index contributed by atoms with van der Waals surface area (Å²) in [5.41, 5.74) is 13.8. The number of carbonyl (C=O) groups excluding carboxylic acids is 1. The molecule has 0 bridgehead atoms. The number of thiazole rings is 1. The molecule has 0 aliphatic heterocycles. The van der Waals surface area contributed by atoms with Crippen LogP contribution in [0.2, 0.25) is 5.02 Å². The van der Waals surface area contributed by atoms with Crippen LogP contribution in [0.15, 0.2) is 41.5 Å². The van der Waals surface area contributed by atoms with E-state index >= 15 is 0 Å². The molecule has 1 unspecified atom stereocenters. The SMILES string of the molecule is Cc1nc(C(N=C(N)N)NC(=O)c2cc(-c3ccc(Cl)cc3)c[nH]2)sc1CO. The lowest BCUT2D eigenvalue weighted by molar-refractivity contribution is 0.0933. The second-order valence-electron chi connectivity index (χ2n) is 5.96. The van der Waals surface area contributed by atoms with Crippen LogP contribution in [0.3, 0.4) is 0 Å². The van der Waals surface area contributed by atoms with Crippen molar-refractivity contribution in [3.8, 4) is 11.1 Å². The minimum absolute atomic E-state index is 0.146. The van der Waals surface area contributed by atoms with Crippen molar-refractivity contribution in [3.05, 3.63) is 62.8 Å². The van der Waals surface area contributed by atoms with Crippen molar-refractivity contribution < 1.29 is 9.90 Å². The standard InChI is InChI=1S/C18H19ClN6O2S/c1-9-14(8-26)28-17(23-9)15(25-18(20)21)24-16(27)13-6-11(7-22-13)10-2-4-12(19)5-3-10/h2-7,15,22,26H,8H2,1H3,(H,24,27)(H4,20,21,25). The average molecular weight is 419 g/mol. The van der Waals surface area contributed by atoms with Gasteiger partial charge in [0.1, 0.15) is 10.7 Å². The van der Waals surface area contributed by atoms with Gasteiger partial charge in [0, 0.05) is 11.2 Å². The summed E-state index contributed by atoms with van der Waals surface area (Å²) in [5, 5.41) is 13.2. The number of hydrogen-bond acceptors (Lipinski definition) is 5. The highest BCUT2D eigenvalue weighted by molar-refractivity contribution is 7.11. The van der Waals surface area contributed by atoms with E-state index in [1.807, 2.05) is 12.1 Å². The number of nitrogens with zero attached hydrogens (tertiary/aromatic N) is 2. The topological polar surface area (TPSA) is 142 Å². The quantitative estimate of drug-likeness (QED) is 0.308. The van der Waals surface area contributed by atoms with Crippen LogP contribution in [0.4, 0.5) is 0 Å². The molecule has 8 nitrogen and oxygen atoms in total. The highest BCUT2D eigenvalue weighted by atomic mass is 35.5. The number of H-pyrrole nitrogens is 1. The number of rotatable bonds is 6. The van der Waals surface area contributed by atoms with Crippen LogP contribution >= 0.6 is 22.9 Å². The summed E-state index contributed by atoms with van der Waals surface area (Å²) in [4.78, 5) is 24.7. The number of amides is 1. The second-order valence-corrected chi connectivity index (χ2v) is 7.51. The van der Waals surface area contributed by atoms with E-state index < -0.39 is 12.1 Å². The summed E-state index contributed by atoms with van der Waals surface area (Å²) < 4.78 is 0. The van der Waals surface area contributed by atoms with Crippen LogP contribution in [0.25, 0.3) is 11.1 Å². The highest BCUT2D eigenvalue weighted by Gasteiger charge is 2.21. The predicted molar refractivity (Wildman–Crippen MR) is 110 cm³/mol. The fourth-order valence-electron chi connectivity index (χ4n) is 2.55. The number of guanidine groups is 1. The number of nitrogens with one attached hydrogen (secondary N) is 2. The molecule has 1 amide bonds.